The van der Waals surface area contributed by atoms with E-state index in [9.17, 15) is 4.79 Å². The summed E-state index contributed by atoms with van der Waals surface area (Å²) < 4.78 is 0. The van der Waals surface area contributed by atoms with E-state index >= 15 is 0 Å². The Morgan fingerprint density at radius 3 is 2.67 bits per heavy atom. The summed E-state index contributed by atoms with van der Waals surface area (Å²) in [6.07, 6.45) is 10.9. The standard InChI is InChI=1S/C10H17NO/c12-9-11-8-4-3-7-10-5-1-2-6-10/h10H,1-8H2. The van der Waals surface area contributed by atoms with Gasteiger partial charge in [0.05, 0.1) is 6.54 Å². The maximum atomic E-state index is 9.73. The van der Waals surface area contributed by atoms with Gasteiger partial charge < -0.3 is 0 Å². The Bertz CT molecular complexity index is 155. The number of unbranched alkanes of at least 4 members (excludes halogenated alkanes) is 1. The Morgan fingerprint density at radius 2 is 2.00 bits per heavy atom. The molecule has 68 valence electrons. The average molecular weight is 167 g/mol. The van der Waals surface area contributed by atoms with Crippen LogP contribution in [0.5, 0.6) is 0 Å². The first-order valence-corrected chi connectivity index (χ1v) is 4.97. The van der Waals surface area contributed by atoms with E-state index in [1.807, 2.05) is 0 Å². The summed E-state index contributed by atoms with van der Waals surface area (Å²) in [6, 6.07) is 0. The third kappa shape index (κ3) is 3.68. The minimum absolute atomic E-state index is 0.677. The van der Waals surface area contributed by atoms with Crippen LogP contribution in [0.15, 0.2) is 4.99 Å². The molecule has 2 heteroatoms. The van der Waals surface area contributed by atoms with Crippen LogP contribution in [0.4, 0.5) is 0 Å². The number of aliphatic imine (C=N–C) groups is 1. The van der Waals surface area contributed by atoms with Gasteiger partial charge in [-0.1, -0.05) is 38.5 Å². The average Bonchev–Trinajstić information content (AvgIpc) is 2.57. The van der Waals surface area contributed by atoms with Gasteiger partial charge in [-0.3, -0.25) is 0 Å². The maximum Gasteiger partial charge on any atom is 0.234 e. The molecule has 0 bridgehead atoms. The zero-order valence-corrected chi connectivity index (χ0v) is 7.59. The van der Waals surface area contributed by atoms with Crippen molar-refractivity contribution in [1.82, 2.24) is 0 Å². The molecule has 0 N–H and O–H groups in total. The fourth-order valence-electron chi connectivity index (χ4n) is 1.97. The quantitative estimate of drug-likeness (QED) is 0.351. The van der Waals surface area contributed by atoms with Crippen molar-refractivity contribution >= 4 is 6.08 Å². The fourth-order valence-corrected chi connectivity index (χ4v) is 1.97. The predicted molar refractivity (Wildman–Crippen MR) is 48.8 cm³/mol. The molecule has 0 aromatic rings. The van der Waals surface area contributed by atoms with Gasteiger partial charge in [-0.25, -0.2) is 9.79 Å². The smallest absolute Gasteiger partial charge is 0.211 e. The predicted octanol–water partition coefficient (Wildman–Crippen LogP) is 2.68. The van der Waals surface area contributed by atoms with E-state index in [1.165, 1.54) is 38.5 Å². The van der Waals surface area contributed by atoms with Crippen LogP contribution in [0.1, 0.15) is 44.9 Å². The SMILES string of the molecule is O=C=NCCCCC1CCCC1. The lowest BCUT2D eigenvalue weighted by Crippen LogP contribution is -1.93. The summed E-state index contributed by atoms with van der Waals surface area (Å²) in [5.41, 5.74) is 0. The molecule has 12 heavy (non-hydrogen) atoms. The van der Waals surface area contributed by atoms with Crippen molar-refractivity contribution in [2.45, 2.75) is 44.9 Å². The molecule has 1 fully saturated rings. The minimum atomic E-state index is 0.677. The van der Waals surface area contributed by atoms with Crippen LogP contribution >= 0.6 is 0 Å². The summed E-state index contributed by atoms with van der Waals surface area (Å²) in [4.78, 5) is 13.3. The van der Waals surface area contributed by atoms with Crippen molar-refractivity contribution in [3.05, 3.63) is 0 Å². The van der Waals surface area contributed by atoms with Crippen LogP contribution in [0.3, 0.4) is 0 Å². The Hall–Kier alpha value is -0.620. The first-order valence-electron chi connectivity index (χ1n) is 4.97. The molecule has 2 nitrogen and oxygen atoms in total. The van der Waals surface area contributed by atoms with Gasteiger partial charge >= 0.3 is 0 Å². The summed E-state index contributed by atoms with van der Waals surface area (Å²) in [5.74, 6) is 0.977. The number of rotatable bonds is 5. The summed E-state index contributed by atoms with van der Waals surface area (Å²) in [5, 5.41) is 0. The Labute approximate surface area is 74.1 Å². The van der Waals surface area contributed by atoms with Gasteiger partial charge in [0.2, 0.25) is 6.08 Å². The number of hydrogen-bond donors (Lipinski definition) is 0. The molecular weight excluding hydrogens is 150 g/mol. The second-order valence-corrected chi connectivity index (χ2v) is 3.62. The van der Waals surface area contributed by atoms with Crippen molar-refractivity contribution < 1.29 is 4.79 Å². The second-order valence-electron chi connectivity index (χ2n) is 3.62. The van der Waals surface area contributed by atoms with Crippen molar-refractivity contribution in [2.24, 2.45) is 10.9 Å². The van der Waals surface area contributed by atoms with E-state index in [-0.39, 0.29) is 0 Å². The lowest BCUT2D eigenvalue weighted by atomic mass is 10.0. The first kappa shape index (κ1) is 9.47. The molecule has 0 amide bonds. The van der Waals surface area contributed by atoms with Crippen molar-refractivity contribution in [3.8, 4) is 0 Å². The monoisotopic (exact) mass is 167 g/mol. The molecular formula is C10H17NO. The Kier molecular flexibility index (Phi) is 4.70. The topological polar surface area (TPSA) is 29.4 Å². The summed E-state index contributed by atoms with van der Waals surface area (Å²) in [7, 11) is 0. The van der Waals surface area contributed by atoms with Crippen LogP contribution in [-0.4, -0.2) is 12.6 Å². The number of hydrogen-bond acceptors (Lipinski definition) is 2. The van der Waals surface area contributed by atoms with Gasteiger partial charge in [0, 0.05) is 0 Å². The van der Waals surface area contributed by atoms with E-state index in [2.05, 4.69) is 4.99 Å². The molecule has 1 rings (SSSR count). The molecule has 0 unspecified atom stereocenters. The Morgan fingerprint density at radius 1 is 1.25 bits per heavy atom. The van der Waals surface area contributed by atoms with Gasteiger partial charge in [0.25, 0.3) is 0 Å². The number of nitrogens with zero attached hydrogens (tertiary/aromatic N) is 1. The molecule has 0 saturated heterocycles. The van der Waals surface area contributed by atoms with Crippen LogP contribution in [0, 0.1) is 5.92 Å². The van der Waals surface area contributed by atoms with Crippen molar-refractivity contribution in [3.63, 3.8) is 0 Å². The molecule has 0 radical (unpaired) electrons. The third-order valence-electron chi connectivity index (χ3n) is 2.67. The van der Waals surface area contributed by atoms with E-state index in [4.69, 9.17) is 0 Å². The number of isocyanates is 1. The summed E-state index contributed by atoms with van der Waals surface area (Å²) in [6.45, 7) is 0.677. The van der Waals surface area contributed by atoms with Gasteiger partial charge in [-0.15, -0.1) is 0 Å². The van der Waals surface area contributed by atoms with Crippen molar-refractivity contribution in [2.75, 3.05) is 6.54 Å². The molecule has 0 atom stereocenters. The van der Waals surface area contributed by atoms with Crippen LogP contribution in [0.2, 0.25) is 0 Å². The molecule has 1 saturated carbocycles. The third-order valence-corrected chi connectivity index (χ3v) is 2.67. The van der Waals surface area contributed by atoms with E-state index in [0.29, 0.717) is 6.54 Å². The molecule has 1 aliphatic rings. The van der Waals surface area contributed by atoms with Crippen molar-refractivity contribution in [1.29, 1.82) is 0 Å². The highest BCUT2D eigenvalue weighted by Crippen LogP contribution is 2.28. The Balaban J connectivity index is 1.91. The normalized spacial score (nSPS) is 17.7. The van der Waals surface area contributed by atoms with Gasteiger partial charge in [0.15, 0.2) is 0 Å². The highest BCUT2D eigenvalue weighted by Gasteiger charge is 2.13. The first-order chi connectivity index (χ1) is 5.93. The molecule has 0 aromatic carbocycles. The zero-order chi connectivity index (χ0) is 8.65. The van der Waals surface area contributed by atoms with Crippen LogP contribution < -0.4 is 0 Å². The van der Waals surface area contributed by atoms with Crippen LogP contribution in [-0.2, 0) is 4.79 Å². The fraction of sp³-hybridized carbons (Fsp3) is 0.900. The molecule has 0 aromatic heterocycles. The van der Waals surface area contributed by atoms with E-state index < -0.39 is 0 Å². The summed E-state index contributed by atoms with van der Waals surface area (Å²) >= 11 is 0. The van der Waals surface area contributed by atoms with Gasteiger partial charge in [-0.2, -0.15) is 0 Å². The highest BCUT2D eigenvalue weighted by atomic mass is 16.1. The second kappa shape index (κ2) is 5.96. The maximum absolute atomic E-state index is 9.73. The number of carbonyl (C=O) groups excluding carboxylic acids is 1. The molecule has 0 heterocycles. The van der Waals surface area contributed by atoms with Crippen LogP contribution in [0.25, 0.3) is 0 Å². The lowest BCUT2D eigenvalue weighted by Gasteiger charge is -2.06. The van der Waals surface area contributed by atoms with E-state index in [0.717, 1.165) is 12.3 Å². The minimum Gasteiger partial charge on any atom is -0.211 e. The molecule has 1 aliphatic carbocycles. The van der Waals surface area contributed by atoms with Gasteiger partial charge in [0.1, 0.15) is 0 Å². The molecule has 0 spiro atoms. The van der Waals surface area contributed by atoms with Gasteiger partial charge in [-0.05, 0) is 12.3 Å². The van der Waals surface area contributed by atoms with E-state index in [1.54, 1.807) is 6.08 Å². The highest BCUT2D eigenvalue weighted by molar-refractivity contribution is 5.32. The lowest BCUT2D eigenvalue weighted by molar-refractivity contribution is 0.475. The zero-order valence-electron chi connectivity index (χ0n) is 7.59. The molecule has 0 aliphatic heterocycles. The largest absolute Gasteiger partial charge is 0.234 e.